The fraction of sp³-hybridized carbons (Fsp3) is 0.900. The van der Waals surface area contributed by atoms with Gasteiger partial charge in [0.05, 0.1) is 12.3 Å². The zero-order valence-electron chi connectivity index (χ0n) is 9.77. The van der Waals surface area contributed by atoms with Gasteiger partial charge in [-0.25, -0.2) is 0 Å². The van der Waals surface area contributed by atoms with Gasteiger partial charge >= 0.3 is 6.18 Å². The number of hydrogen-bond donors (Lipinski definition) is 2. The molecule has 0 fully saturated rings. The monoisotopic (exact) mass is 240 g/mol. The summed E-state index contributed by atoms with van der Waals surface area (Å²) in [4.78, 5) is 11.6. The largest absolute Gasteiger partial charge is 0.391 e. The van der Waals surface area contributed by atoms with Crippen LogP contribution in [0.5, 0.6) is 0 Å². The van der Waals surface area contributed by atoms with Crippen LogP contribution in [0.4, 0.5) is 13.2 Å². The molecule has 6 heteroatoms. The third-order valence-corrected chi connectivity index (χ3v) is 2.32. The second-order valence-corrected chi connectivity index (χ2v) is 4.32. The molecule has 96 valence electrons. The van der Waals surface area contributed by atoms with E-state index in [9.17, 15) is 18.0 Å². The van der Waals surface area contributed by atoms with Crippen LogP contribution in [0.25, 0.3) is 0 Å². The van der Waals surface area contributed by atoms with E-state index < -0.39 is 30.5 Å². The molecular weight excluding hydrogens is 221 g/mol. The number of nitrogens with one attached hydrogen (secondary N) is 1. The van der Waals surface area contributed by atoms with Crippen LogP contribution in [0.1, 0.15) is 27.2 Å². The van der Waals surface area contributed by atoms with Crippen LogP contribution in [-0.4, -0.2) is 24.7 Å². The number of rotatable bonds is 5. The van der Waals surface area contributed by atoms with E-state index in [1.54, 1.807) is 0 Å². The highest BCUT2D eigenvalue weighted by atomic mass is 19.4. The van der Waals surface area contributed by atoms with Crippen LogP contribution in [0.15, 0.2) is 0 Å². The van der Waals surface area contributed by atoms with E-state index in [2.05, 4.69) is 5.32 Å². The van der Waals surface area contributed by atoms with Crippen LogP contribution >= 0.6 is 0 Å². The Bertz CT molecular complexity index is 229. The molecule has 3 nitrogen and oxygen atoms in total. The van der Waals surface area contributed by atoms with Gasteiger partial charge in [0.2, 0.25) is 5.91 Å². The van der Waals surface area contributed by atoms with E-state index in [-0.39, 0.29) is 12.5 Å². The normalized spacial score (nSPS) is 16.0. The highest BCUT2D eigenvalue weighted by Gasteiger charge is 2.31. The van der Waals surface area contributed by atoms with Gasteiger partial charge in [-0.1, -0.05) is 13.8 Å². The summed E-state index contributed by atoms with van der Waals surface area (Å²) in [6.45, 7) is 5.10. The Kier molecular flexibility index (Phi) is 5.78. The van der Waals surface area contributed by atoms with E-state index in [1.165, 1.54) is 6.92 Å². The highest BCUT2D eigenvalue weighted by molar-refractivity contribution is 5.79. The first-order valence-electron chi connectivity index (χ1n) is 5.24. The minimum atomic E-state index is -4.26. The van der Waals surface area contributed by atoms with Gasteiger partial charge in [-0.05, 0) is 12.8 Å². The van der Waals surface area contributed by atoms with E-state index in [1.807, 2.05) is 13.8 Å². The van der Waals surface area contributed by atoms with Crippen LogP contribution in [0.2, 0.25) is 0 Å². The Balaban J connectivity index is 4.23. The first-order chi connectivity index (χ1) is 7.17. The Morgan fingerprint density at radius 3 is 2.12 bits per heavy atom. The van der Waals surface area contributed by atoms with Crippen molar-refractivity contribution in [3.05, 3.63) is 0 Å². The van der Waals surface area contributed by atoms with Crippen molar-refractivity contribution in [2.45, 2.75) is 39.4 Å². The van der Waals surface area contributed by atoms with Crippen molar-refractivity contribution in [1.82, 2.24) is 5.32 Å². The molecule has 0 aliphatic heterocycles. The average molecular weight is 240 g/mol. The molecule has 0 aromatic carbocycles. The molecule has 2 unspecified atom stereocenters. The van der Waals surface area contributed by atoms with Gasteiger partial charge in [0.15, 0.2) is 0 Å². The van der Waals surface area contributed by atoms with Crippen LogP contribution in [0.3, 0.4) is 0 Å². The fourth-order valence-electron chi connectivity index (χ4n) is 1.43. The maximum Gasteiger partial charge on any atom is 0.391 e. The zero-order valence-corrected chi connectivity index (χ0v) is 9.77. The van der Waals surface area contributed by atoms with Crippen molar-refractivity contribution >= 4 is 5.91 Å². The third kappa shape index (κ3) is 5.95. The second-order valence-electron chi connectivity index (χ2n) is 4.32. The lowest BCUT2D eigenvalue weighted by atomic mass is 9.95. The minimum absolute atomic E-state index is 0.0167. The summed E-state index contributed by atoms with van der Waals surface area (Å²) in [6.07, 6.45) is -5.28. The summed E-state index contributed by atoms with van der Waals surface area (Å²) in [7, 11) is 0. The Hall–Kier alpha value is -0.780. The van der Waals surface area contributed by atoms with Crippen LogP contribution in [0, 0.1) is 11.8 Å². The molecule has 1 amide bonds. The van der Waals surface area contributed by atoms with Gasteiger partial charge in [-0.3, -0.25) is 4.79 Å². The van der Waals surface area contributed by atoms with Crippen LogP contribution < -0.4 is 11.1 Å². The molecule has 0 rings (SSSR count). The summed E-state index contributed by atoms with van der Waals surface area (Å²) >= 11 is 0. The van der Waals surface area contributed by atoms with Gasteiger partial charge in [0.25, 0.3) is 0 Å². The summed E-state index contributed by atoms with van der Waals surface area (Å²) in [5.74, 6) is -0.826. The number of nitrogens with two attached hydrogens (primary N) is 1. The lowest BCUT2D eigenvalue weighted by molar-refractivity contribution is -0.142. The minimum Gasteiger partial charge on any atom is -0.353 e. The molecule has 0 bridgehead atoms. The molecule has 0 aromatic heterocycles. The molecule has 16 heavy (non-hydrogen) atoms. The molecule has 0 aliphatic rings. The van der Waals surface area contributed by atoms with E-state index in [4.69, 9.17) is 5.73 Å². The molecule has 0 radical (unpaired) electrons. The molecule has 0 aliphatic carbocycles. The Morgan fingerprint density at radius 2 is 1.81 bits per heavy atom. The smallest absolute Gasteiger partial charge is 0.353 e. The molecule has 0 aromatic rings. The third-order valence-electron chi connectivity index (χ3n) is 2.32. The van der Waals surface area contributed by atoms with Crippen molar-refractivity contribution in [3.8, 4) is 0 Å². The summed E-state index contributed by atoms with van der Waals surface area (Å²) in [5, 5.41) is 2.33. The first-order valence-corrected chi connectivity index (χ1v) is 5.24. The number of hydrogen-bond acceptors (Lipinski definition) is 2. The molecule has 0 heterocycles. The van der Waals surface area contributed by atoms with Crippen LogP contribution in [-0.2, 0) is 4.79 Å². The highest BCUT2D eigenvalue weighted by Crippen LogP contribution is 2.21. The average Bonchev–Trinajstić information content (AvgIpc) is 1.99. The molecule has 3 N–H and O–H groups in total. The standard InChI is InChI=1S/C10H19F3N2O/c1-6(2)8(5-14)9(16)15-7(3)4-10(11,12)13/h6-8H,4-5,14H2,1-3H3,(H,15,16). The first kappa shape index (κ1) is 15.2. The van der Waals surface area contributed by atoms with Gasteiger partial charge in [-0.2, -0.15) is 13.2 Å². The molecule has 0 saturated heterocycles. The predicted molar refractivity (Wildman–Crippen MR) is 55.7 cm³/mol. The summed E-state index contributed by atoms with van der Waals surface area (Å²) in [6, 6.07) is -0.916. The lowest BCUT2D eigenvalue weighted by Gasteiger charge is -2.22. The molecular formula is C10H19F3N2O. The van der Waals surface area contributed by atoms with Gasteiger partial charge in [-0.15, -0.1) is 0 Å². The van der Waals surface area contributed by atoms with Gasteiger partial charge < -0.3 is 11.1 Å². The predicted octanol–water partition coefficient (Wildman–Crippen LogP) is 1.67. The maximum atomic E-state index is 12.0. The van der Waals surface area contributed by atoms with E-state index >= 15 is 0 Å². The number of halogens is 3. The van der Waals surface area contributed by atoms with E-state index in [0.717, 1.165) is 0 Å². The maximum absolute atomic E-state index is 12.0. The summed E-state index contributed by atoms with van der Waals surface area (Å²) in [5.41, 5.74) is 5.39. The van der Waals surface area contributed by atoms with Gasteiger partial charge in [0, 0.05) is 12.6 Å². The Morgan fingerprint density at radius 1 is 1.31 bits per heavy atom. The summed E-state index contributed by atoms with van der Waals surface area (Å²) < 4.78 is 36.1. The quantitative estimate of drug-likeness (QED) is 0.768. The van der Waals surface area contributed by atoms with Crippen molar-refractivity contribution in [2.24, 2.45) is 17.6 Å². The topological polar surface area (TPSA) is 55.1 Å². The lowest BCUT2D eigenvalue weighted by Crippen LogP contribution is -2.43. The molecule has 2 atom stereocenters. The number of amides is 1. The van der Waals surface area contributed by atoms with Crippen molar-refractivity contribution < 1.29 is 18.0 Å². The second kappa shape index (κ2) is 6.08. The number of carbonyl (C=O) groups is 1. The zero-order chi connectivity index (χ0) is 12.9. The van der Waals surface area contributed by atoms with Gasteiger partial charge in [0.1, 0.15) is 0 Å². The molecule has 0 spiro atoms. The van der Waals surface area contributed by atoms with Crippen molar-refractivity contribution in [3.63, 3.8) is 0 Å². The van der Waals surface area contributed by atoms with E-state index in [0.29, 0.717) is 0 Å². The number of carbonyl (C=O) groups excluding carboxylic acids is 1. The molecule has 0 saturated carbocycles. The Labute approximate surface area is 93.6 Å². The number of alkyl halides is 3. The van der Waals surface area contributed by atoms with Crippen molar-refractivity contribution in [1.29, 1.82) is 0 Å². The van der Waals surface area contributed by atoms with Crippen molar-refractivity contribution in [2.75, 3.05) is 6.54 Å². The SMILES string of the molecule is CC(CC(F)(F)F)NC(=O)C(CN)C(C)C. The fourth-order valence-corrected chi connectivity index (χ4v) is 1.43.